The highest BCUT2D eigenvalue weighted by Gasteiger charge is 2.34. The van der Waals surface area contributed by atoms with Gasteiger partial charge in [0.15, 0.2) is 0 Å². The number of carbonyl (C=O) groups is 1. The average molecular weight is 564 g/mol. The number of aryl methyl sites for hydroxylation is 1. The lowest BCUT2D eigenvalue weighted by Gasteiger charge is -2.35. The molecule has 1 saturated heterocycles. The SMILES string of the molecule is O=C(CC(F)(F)F)N1CCN(Cc2ccnc(Cc3nc4ccc(-c5cc(CCC6CC6)ncn5)cc4[nH]3)c2)CC1. The molecule has 1 amide bonds. The van der Waals surface area contributed by atoms with Gasteiger partial charge in [-0.25, -0.2) is 15.0 Å². The zero-order valence-electron chi connectivity index (χ0n) is 22.7. The van der Waals surface area contributed by atoms with Crippen LogP contribution in [-0.4, -0.2) is 73.0 Å². The number of piperazine rings is 1. The third-order valence-corrected chi connectivity index (χ3v) is 7.77. The summed E-state index contributed by atoms with van der Waals surface area (Å²) in [4.78, 5) is 37.0. The van der Waals surface area contributed by atoms with Crippen molar-refractivity contribution in [3.63, 3.8) is 0 Å². The normalized spacial score (nSPS) is 16.4. The van der Waals surface area contributed by atoms with Crippen molar-refractivity contribution in [2.24, 2.45) is 5.92 Å². The molecule has 3 aromatic heterocycles. The third kappa shape index (κ3) is 7.27. The first-order chi connectivity index (χ1) is 19.8. The molecule has 0 bridgehead atoms. The van der Waals surface area contributed by atoms with Crippen LogP contribution in [0.4, 0.5) is 13.2 Å². The van der Waals surface area contributed by atoms with Gasteiger partial charge in [0.2, 0.25) is 5.91 Å². The summed E-state index contributed by atoms with van der Waals surface area (Å²) in [6.45, 7) is 2.29. The second-order valence-electron chi connectivity index (χ2n) is 11.1. The van der Waals surface area contributed by atoms with Gasteiger partial charge in [-0.2, -0.15) is 13.2 Å². The first kappa shape index (κ1) is 27.3. The van der Waals surface area contributed by atoms with Crippen LogP contribution in [-0.2, 0) is 24.2 Å². The summed E-state index contributed by atoms with van der Waals surface area (Å²) in [5.74, 6) is 0.823. The van der Waals surface area contributed by atoms with Crippen molar-refractivity contribution >= 4 is 16.9 Å². The number of aromatic nitrogens is 5. The van der Waals surface area contributed by atoms with Crippen LogP contribution < -0.4 is 0 Å². The molecule has 0 atom stereocenters. The fourth-order valence-electron chi connectivity index (χ4n) is 5.35. The molecule has 41 heavy (non-hydrogen) atoms. The second-order valence-corrected chi connectivity index (χ2v) is 11.1. The van der Waals surface area contributed by atoms with Gasteiger partial charge in [-0.05, 0) is 54.7 Å². The summed E-state index contributed by atoms with van der Waals surface area (Å²) < 4.78 is 37.7. The summed E-state index contributed by atoms with van der Waals surface area (Å²) in [5, 5.41) is 0. The number of hydrogen-bond acceptors (Lipinski definition) is 6. The predicted octanol–water partition coefficient (Wildman–Crippen LogP) is 4.94. The Hall–Kier alpha value is -3.86. The summed E-state index contributed by atoms with van der Waals surface area (Å²) in [6.07, 6.45) is 2.94. The lowest BCUT2D eigenvalue weighted by molar-refractivity contribution is -0.162. The third-order valence-electron chi connectivity index (χ3n) is 7.77. The van der Waals surface area contributed by atoms with Crippen LogP contribution in [0.15, 0.2) is 48.9 Å². The molecule has 2 aliphatic rings. The van der Waals surface area contributed by atoms with Gasteiger partial charge >= 0.3 is 6.18 Å². The van der Waals surface area contributed by atoms with Gasteiger partial charge in [-0.15, -0.1) is 0 Å². The molecule has 214 valence electrons. The Bertz CT molecular complexity index is 1520. The number of rotatable bonds is 9. The second kappa shape index (κ2) is 11.6. The molecular formula is C30H32F3N7O. The number of halogens is 3. The molecule has 1 aliphatic carbocycles. The number of carbonyl (C=O) groups excluding carboxylic acids is 1. The quantitative estimate of drug-likeness (QED) is 0.310. The fraction of sp³-hybridized carbons (Fsp3) is 0.433. The maximum atomic E-state index is 12.6. The van der Waals surface area contributed by atoms with Crippen LogP contribution in [0.2, 0.25) is 0 Å². The zero-order valence-corrected chi connectivity index (χ0v) is 22.7. The lowest BCUT2D eigenvalue weighted by Crippen LogP contribution is -2.49. The van der Waals surface area contributed by atoms with E-state index in [0.717, 1.165) is 57.4 Å². The van der Waals surface area contributed by atoms with Gasteiger partial charge in [0.25, 0.3) is 0 Å². The van der Waals surface area contributed by atoms with E-state index in [-0.39, 0.29) is 0 Å². The highest BCUT2D eigenvalue weighted by molar-refractivity contribution is 5.81. The van der Waals surface area contributed by atoms with E-state index >= 15 is 0 Å². The Labute approximate surface area is 236 Å². The molecular weight excluding hydrogens is 531 g/mol. The highest BCUT2D eigenvalue weighted by atomic mass is 19.4. The van der Waals surface area contributed by atoms with Crippen molar-refractivity contribution in [3.8, 4) is 11.3 Å². The van der Waals surface area contributed by atoms with Crippen molar-refractivity contribution in [1.82, 2.24) is 34.7 Å². The van der Waals surface area contributed by atoms with Gasteiger partial charge in [0.1, 0.15) is 18.6 Å². The number of nitrogens with one attached hydrogen (secondary N) is 1. The first-order valence-corrected chi connectivity index (χ1v) is 14.1. The summed E-state index contributed by atoms with van der Waals surface area (Å²) in [7, 11) is 0. The zero-order chi connectivity index (χ0) is 28.4. The Kier molecular flexibility index (Phi) is 7.70. The molecule has 2 fully saturated rings. The molecule has 4 aromatic rings. The van der Waals surface area contributed by atoms with E-state index in [1.54, 1.807) is 12.5 Å². The number of alkyl halides is 3. The minimum absolute atomic E-state index is 0.296. The molecule has 1 aromatic carbocycles. The smallest absolute Gasteiger partial charge is 0.342 e. The molecule has 1 saturated carbocycles. The molecule has 1 N–H and O–H groups in total. The maximum absolute atomic E-state index is 12.6. The molecule has 8 nitrogen and oxygen atoms in total. The largest absolute Gasteiger partial charge is 0.397 e. The number of pyridine rings is 1. The maximum Gasteiger partial charge on any atom is 0.397 e. The van der Waals surface area contributed by atoms with Crippen LogP contribution in [0, 0.1) is 5.92 Å². The molecule has 0 radical (unpaired) electrons. The Balaban J connectivity index is 1.07. The van der Waals surface area contributed by atoms with Gasteiger partial charge in [0.05, 0.1) is 16.7 Å². The molecule has 0 spiro atoms. The van der Waals surface area contributed by atoms with Crippen LogP contribution in [0.3, 0.4) is 0 Å². The van der Waals surface area contributed by atoms with Gasteiger partial charge in [-0.1, -0.05) is 18.9 Å². The van der Waals surface area contributed by atoms with Crippen LogP contribution in [0.1, 0.15) is 48.5 Å². The van der Waals surface area contributed by atoms with E-state index in [0.29, 0.717) is 39.1 Å². The van der Waals surface area contributed by atoms with Crippen molar-refractivity contribution < 1.29 is 18.0 Å². The van der Waals surface area contributed by atoms with Crippen LogP contribution in [0.5, 0.6) is 0 Å². The lowest BCUT2D eigenvalue weighted by atomic mass is 10.1. The van der Waals surface area contributed by atoms with Crippen molar-refractivity contribution in [3.05, 3.63) is 71.7 Å². The Morgan fingerprint density at radius 1 is 0.976 bits per heavy atom. The number of hydrogen-bond donors (Lipinski definition) is 1. The minimum atomic E-state index is -4.47. The van der Waals surface area contributed by atoms with Crippen molar-refractivity contribution in [2.45, 2.75) is 51.2 Å². The number of nitrogens with zero attached hydrogens (tertiary/aromatic N) is 6. The number of imidazole rings is 1. The number of H-pyrrole nitrogens is 1. The van der Waals surface area contributed by atoms with E-state index in [1.165, 1.54) is 24.2 Å². The van der Waals surface area contributed by atoms with Gasteiger partial charge in [-0.3, -0.25) is 14.7 Å². The van der Waals surface area contributed by atoms with Crippen molar-refractivity contribution in [1.29, 1.82) is 0 Å². The molecule has 1 aliphatic heterocycles. The summed E-state index contributed by atoms with van der Waals surface area (Å²) in [6, 6.07) is 12.2. The predicted molar refractivity (Wildman–Crippen MR) is 148 cm³/mol. The fourth-order valence-corrected chi connectivity index (χ4v) is 5.35. The van der Waals surface area contributed by atoms with E-state index in [4.69, 9.17) is 4.98 Å². The van der Waals surface area contributed by atoms with E-state index in [9.17, 15) is 18.0 Å². The van der Waals surface area contributed by atoms with Crippen LogP contribution in [0.25, 0.3) is 22.3 Å². The molecule has 4 heterocycles. The summed E-state index contributed by atoms with van der Waals surface area (Å²) in [5.41, 5.74) is 6.74. The molecule has 0 unspecified atom stereocenters. The molecule has 6 rings (SSSR count). The average Bonchev–Trinajstić information content (AvgIpc) is 3.69. The Morgan fingerprint density at radius 3 is 2.59 bits per heavy atom. The van der Waals surface area contributed by atoms with E-state index < -0.39 is 18.5 Å². The monoisotopic (exact) mass is 563 g/mol. The van der Waals surface area contributed by atoms with E-state index in [1.807, 2.05) is 24.3 Å². The molecule has 11 heteroatoms. The number of benzene rings is 1. The number of amides is 1. The van der Waals surface area contributed by atoms with E-state index in [2.05, 4.69) is 37.0 Å². The van der Waals surface area contributed by atoms with Crippen molar-refractivity contribution in [2.75, 3.05) is 26.2 Å². The number of fused-ring (bicyclic) bond motifs is 1. The topological polar surface area (TPSA) is 90.9 Å². The summed E-state index contributed by atoms with van der Waals surface area (Å²) >= 11 is 0. The minimum Gasteiger partial charge on any atom is -0.342 e. The van der Waals surface area contributed by atoms with Gasteiger partial charge in [0, 0.05) is 62.3 Å². The first-order valence-electron chi connectivity index (χ1n) is 14.1. The number of aromatic amines is 1. The Morgan fingerprint density at radius 2 is 1.80 bits per heavy atom. The highest BCUT2D eigenvalue weighted by Crippen LogP contribution is 2.33. The standard InChI is InChI=1S/C30H32F3N7O/c31-30(32,33)17-29(41)40-11-9-39(10-12-40)18-21-7-8-34-24(13-21)16-28-37-25-6-4-22(14-27(25)38-28)26-15-23(35-19-36-26)5-3-20-1-2-20/h4,6-8,13-15,19-20H,1-3,5,9-12,16-18H2,(H,37,38). The van der Waals surface area contributed by atoms with Gasteiger partial charge < -0.3 is 9.88 Å². The van der Waals surface area contributed by atoms with Crippen LogP contribution >= 0.6 is 0 Å².